The van der Waals surface area contributed by atoms with Gasteiger partial charge in [-0.1, -0.05) is 11.6 Å². The van der Waals surface area contributed by atoms with Gasteiger partial charge in [-0.05, 0) is 57.3 Å². The molecule has 0 unspecified atom stereocenters. The van der Waals surface area contributed by atoms with Crippen LogP contribution in [0.3, 0.4) is 0 Å². The molecule has 3 N–H and O–H groups in total. The zero-order valence-corrected chi connectivity index (χ0v) is 11.4. The average molecular weight is 262 g/mol. The van der Waals surface area contributed by atoms with E-state index in [9.17, 15) is 9.90 Å². The number of hydrogen-bond donors (Lipinski definition) is 3. The summed E-state index contributed by atoms with van der Waals surface area (Å²) in [6.07, 6.45) is 3.39. The van der Waals surface area contributed by atoms with Crippen molar-refractivity contribution in [1.29, 1.82) is 0 Å². The van der Waals surface area contributed by atoms with Crippen molar-refractivity contribution in [2.75, 3.05) is 19.6 Å². The van der Waals surface area contributed by atoms with Crippen molar-refractivity contribution in [3.63, 3.8) is 0 Å². The van der Waals surface area contributed by atoms with Gasteiger partial charge in [0.1, 0.15) is 5.75 Å². The Labute approximate surface area is 114 Å². The van der Waals surface area contributed by atoms with Crippen LogP contribution in [0, 0.1) is 12.8 Å². The topological polar surface area (TPSA) is 61.4 Å². The van der Waals surface area contributed by atoms with E-state index in [4.69, 9.17) is 0 Å². The monoisotopic (exact) mass is 262 g/mol. The normalized spacial score (nSPS) is 16.3. The van der Waals surface area contributed by atoms with Crippen LogP contribution in [0.2, 0.25) is 0 Å². The number of carbonyl (C=O) groups is 1. The van der Waals surface area contributed by atoms with Crippen LogP contribution in [0.15, 0.2) is 18.2 Å². The highest BCUT2D eigenvalue weighted by Crippen LogP contribution is 2.18. The summed E-state index contributed by atoms with van der Waals surface area (Å²) < 4.78 is 0. The summed E-state index contributed by atoms with van der Waals surface area (Å²) in [5.41, 5.74) is 1.34. The maximum absolute atomic E-state index is 12.0. The van der Waals surface area contributed by atoms with Gasteiger partial charge in [0.25, 0.3) is 5.91 Å². The molecule has 0 spiro atoms. The van der Waals surface area contributed by atoms with Gasteiger partial charge in [0, 0.05) is 6.54 Å². The molecule has 0 aromatic heterocycles. The van der Waals surface area contributed by atoms with Gasteiger partial charge in [0.05, 0.1) is 5.56 Å². The van der Waals surface area contributed by atoms with E-state index in [1.165, 1.54) is 12.8 Å². The quantitative estimate of drug-likeness (QED) is 0.775. The molecule has 1 heterocycles. The summed E-state index contributed by atoms with van der Waals surface area (Å²) in [5.74, 6) is 0.563. The van der Waals surface area contributed by atoms with Gasteiger partial charge in [0.15, 0.2) is 0 Å². The first-order valence-corrected chi connectivity index (χ1v) is 6.95. The second kappa shape index (κ2) is 6.57. The largest absolute Gasteiger partial charge is 0.507 e. The number of piperidine rings is 1. The fourth-order valence-corrected chi connectivity index (χ4v) is 2.49. The number of aryl methyl sites for hydroxylation is 1. The van der Waals surface area contributed by atoms with Crippen LogP contribution in [-0.4, -0.2) is 30.6 Å². The first kappa shape index (κ1) is 13.9. The summed E-state index contributed by atoms with van der Waals surface area (Å²) in [6, 6.07) is 5.08. The third kappa shape index (κ3) is 3.96. The molecule has 1 saturated heterocycles. The zero-order valence-electron chi connectivity index (χ0n) is 11.4. The van der Waals surface area contributed by atoms with E-state index in [1.807, 2.05) is 6.92 Å². The molecular weight excluding hydrogens is 240 g/mol. The van der Waals surface area contributed by atoms with Gasteiger partial charge in [-0.2, -0.15) is 0 Å². The number of nitrogens with one attached hydrogen (secondary N) is 2. The molecule has 4 heteroatoms. The summed E-state index contributed by atoms with van der Waals surface area (Å²) in [6.45, 7) is 4.75. The highest BCUT2D eigenvalue weighted by atomic mass is 16.3. The first-order chi connectivity index (χ1) is 9.16. The molecule has 0 atom stereocenters. The number of carbonyl (C=O) groups excluding carboxylic acids is 1. The minimum Gasteiger partial charge on any atom is -0.507 e. The third-order valence-corrected chi connectivity index (χ3v) is 3.69. The fourth-order valence-electron chi connectivity index (χ4n) is 2.49. The number of aromatic hydroxyl groups is 1. The van der Waals surface area contributed by atoms with E-state index in [2.05, 4.69) is 10.6 Å². The number of benzene rings is 1. The van der Waals surface area contributed by atoms with Gasteiger partial charge < -0.3 is 15.7 Å². The molecule has 0 radical (unpaired) electrons. The molecule has 0 saturated carbocycles. The second-order valence-corrected chi connectivity index (χ2v) is 5.26. The van der Waals surface area contributed by atoms with E-state index in [1.54, 1.807) is 18.2 Å². The Balaban J connectivity index is 1.82. The lowest BCUT2D eigenvalue weighted by Gasteiger charge is -2.22. The molecule has 0 bridgehead atoms. The van der Waals surface area contributed by atoms with Gasteiger partial charge in [-0.3, -0.25) is 4.79 Å². The van der Waals surface area contributed by atoms with Gasteiger partial charge in [-0.25, -0.2) is 0 Å². The molecule has 2 rings (SSSR count). The number of phenolic OH excluding ortho intramolecular Hbond substituents is 1. The van der Waals surface area contributed by atoms with Crippen LogP contribution in [-0.2, 0) is 0 Å². The molecule has 1 aliphatic heterocycles. The number of hydrogen-bond acceptors (Lipinski definition) is 3. The van der Waals surface area contributed by atoms with Crippen molar-refractivity contribution in [1.82, 2.24) is 10.6 Å². The number of phenols is 1. The van der Waals surface area contributed by atoms with Gasteiger partial charge in [0.2, 0.25) is 0 Å². The van der Waals surface area contributed by atoms with Crippen LogP contribution in [0.1, 0.15) is 35.2 Å². The van der Waals surface area contributed by atoms with Crippen LogP contribution in [0.25, 0.3) is 0 Å². The molecule has 19 heavy (non-hydrogen) atoms. The summed E-state index contributed by atoms with van der Waals surface area (Å²) >= 11 is 0. The van der Waals surface area contributed by atoms with E-state index in [-0.39, 0.29) is 11.7 Å². The fraction of sp³-hybridized carbons (Fsp3) is 0.533. The van der Waals surface area contributed by atoms with Crippen molar-refractivity contribution in [3.05, 3.63) is 29.3 Å². The van der Waals surface area contributed by atoms with Crippen LogP contribution in [0.5, 0.6) is 5.75 Å². The minimum absolute atomic E-state index is 0.0463. The van der Waals surface area contributed by atoms with E-state index < -0.39 is 0 Å². The summed E-state index contributed by atoms with van der Waals surface area (Å²) in [7, 11) is 0. The summed E-state index contributed by atoms with van der Waals surface area (Å²) in [4.78, 5) is 12.0. The molecule has 1 aliphatic rings. The van der Waals surface area contributed by atoms with E-state index in [0.717, 1.165) is 25.1 Å². The lowest BCUT2D eigenvalue weighted by molar-refractivity contribution is 0.0948. The smallest absolute Gasteiger partial charge is 0.255 e. The molecule has 1 amide bonds. The Morgan fingerprint density at radius 1 is 1.42 bits per heavy atom. The van der Waals surface area contributed by atoms with Crippen LogP contribution in [0.4, 0.5) is 0 Å². The predicted octanol–water partition coefficient (Wildman–Crippen LogP) is 1.82. The van der Waals surface area contributed by atoms with Crippen LogP contribution >= 0.6 is 0 Å². The standard InChI is InChI=1S/C15H22N2O2/c1-11-2-3-14(18)13(10-11)15(19)17-9-6-12-4-7-16-8-5-12/h2-3,10,12,16,18H,4-9H2,1H3,(H,17,19). The van der Waals surface area contributed by atoms with Gasteiger partial charge in [-0.15, -0.1) is 0 Å². The highest BCUT2D eigenvalue weighted by Gasteiger charge is 2.14. The lowest BCUT2D eigenvalue weighted by Crippen LogP contribution is -2.31. The Hall–Kier alpha value is -1.55. The molecular formula is C15H22N2O2. The van der Waals surface area contributed by atoms with Gasteiger partial charge >= 0.3 is 0 Å². The zero-order chi connectivity index (χ0) is 13.7. The summed E-state index contributed by atoms with van der Waals surface area (Å²) in [5, 5.41) is 15.9. The maximum atomic E-state index is 12.0. The molecule has 104 valence electrons. The average Bonchev–Trinajstić information content (AvgIpc) is 2.42. The van der Waals surface area contributed by atoms with E-state index in [0.29, 0.717) is 18.0 Å². The Morgan fingerprint density at radius 3 is 2.89 bits per heavy atom. The van der Waals surface area contributed by atoms with Crippen molar-refractivity contribution >= 4 is 5.91 Å². The minimum atomic E-state index is -0.185. The number of rotatable bonds is 4. The lowest BCUT2D eigenvalue weighted by atomic mass is 9.95. The predicted molar refractivity (Wildman–Crippen MR) is 75.4 cm³/mol. The van der Waals surface area contributed by atoms with E-state index >= 15 is 0 Å². The second-order valence-electron chi connectivity index (χ2n) is 5.26. The Morgan fingerprint density at radius 2 is 2.16 bits per heavy atom. The van der Waals surface area contributed by atoms with Crippen molar-refractivity contribution < 1.29 is 9.90 Å². The maximum Gasteiger partial charge on any atom is 0.255 e. The first-order valence-electron chi connectivity index (χ1n) is 6.95. The van der Waals surface area contributed by atoms with Crippen LogP contribution < -0.4 is 10.6 Å². The van der Waals surface area contributed by atoms with Crippen molar-refractivity contribution in [3.8, 4) is 5.75 Å². The third-order valence-electron chi connectivity index (χ3n) is 3.69. The molecule has 0 aliphatic carbocycles. The molecule has 1 aromatic carbocycles. The SMILES string of the molecule is Cc1ccc(O)c(C(=O)NCCC2CCNCC2)c1. The number of amides is 1. The molecule has 4 nitrogen and oxygen atoms in total. The molecule has 1 fully saturated rings. The van der Waals surface area contributed by atoms with Crippen molar-refractivity contribution in [2.45, 2.75) is 26.2 Å². The Kier molecular flexibility index (Phi) is 4.80. The molecule has 1 aromatic rings. The van der Waals surface area contributed by atoms with Crippen molar-refractivity contribution in [2.24, 2.45) is 5.92 Å². The highest BCUT2D eigenvalue weighted by molar-refractivity contribution is 5.96. The Bertz CT molecular complexity index is 440.